The minimum absolute atomic E-state index is 0.151. The number of aryl methyl sites for hydroxylation is 1. The number of thiazole rings is 1. The predicted molar refractivity (Wildman–Crippen MR) is 126 cm³/mol. The van der Waals surface area contributed by atoms with Crippen LogP contribution in [0.3, 0.4) is 0 Å². The standard InChI is InChI=1S/C23H35N5O4S/c24-23-27-20-15(8-4-10-18(20)33-23)26-21(31)17-9-5-11-28(17)22(32)16(25-13-19(29)30)12-14-6-2-1-3-7-14/h14-17,25H,1-13H2,(H2,24,27)(H,26,31)(H,29,30)/t15?,16-,17+/m1/s1. The molecule has 1 aliphatic heterocycles. The van der Waals surface area contributed by atoms with Crippen LogP contribution in [0.25, 0.3) is 0 Å². The highest BCUT2D eigenvalue weighted by Crippen LogP contribution is 2.35. The normalized spacial score (nSPS) is 24.3. The third-order valence-corrected chi connectivity index (χ3v) is 8.18. The van der Waals surface area contributed by atoms with Crippen LogP contribution < -0.4 is 16.4 Å². The number of anilines is 1. The summed E-state index contributed by atoms with van der Waals surface area (Å²) >= 11 is 1.48. The Balaban J connectivity index is 1.43. The second kappa shape index (κ2) is 10.8. The lowest BCUT2D eigenvalue weighted by molar-refractivity contribution is -0.141. The molecule has 182 valence electrons. The maximum absolute atomic E-state index is 13.5. The van der Waals surface area contributed by atoms with Gasteiger partial charge < -0.3 is 21.1 Å². The van der Waals surface area contributed by atoms with E-state index in [9.17, 15) is 14.4 Å². The van der Waals surface area contributed by atoms with Crippen molar-refractivity contribution < 1.29 is 19.5 Å². The van der Waals surface area contributed by atoms with Crippen LogP contribution in [0.4, 0.5) is 5.13 Å². The summed E-state index contributed by atoms with van der Waals surface area (Å²) in [5, 5.41) is 15.8. The number of hydrogen-bond acceptors (Lipinski definition) is 7. The van der Waals surface area contributed by atoms with Gasteiger partial charge in [-0.25, -0.2) is 4.98 Å². The molecule has 1 saturated heterocycles. The molecule has 4 rings (SSSR count). The fraction of sp³-hybridized carbons (Fsp3) is 0.739. The first-order chi connectivity index (χ1) is 15.9. The lowest BCUT2D eigenvalue weighted by Crippen LogP contribution is -2.54. The Morgan fingerprint density at radius 2 is 1.91 bits per heavy atom. The van der Waals surface area contributed by atoms with Crippen molar-refractivity contribution in [2.24, 2.45) is 5.92 Å². The number of fused-ring (bicyclic) bond motifs is 1. The number of rotatable bonds is 8. The van der Waals surface area contributed by atoms with E-state index >= 15 is 0 Å². The van der Waals surface area contributed by atoms with Gasteiger partial charge in [-0.1, -0.05) is 32.1 Å². The minimum atomic E-state index is -0.984. The van der Waals surface area contributed by atoms with Crippen molar-refractivity contribution in [1.29, 1.82) is 0 Å². The molecule has 5 N–H and O–H groups in total. The summed E-state index contributed by atoms with van der Waals surface area (Å²) < 4.78 is 0. The summed E-state index contributed by atoms with van der Waals surface area (Å²) in [7, 11) is 0. The Kier molecular flexibility index (Phi) is 7.85. The Morgan fingerprint density at radius 3 is 2.67 bits per heavy atom. The quantitative estimate of drug-likeness (QED) is 0.450. The third kappa shape index (κ3) is 5.84. The number of carboxylic acid groups (broad SMARTS) is 1. The minimum Gasteiger partial charge on any atom is -0.480 e. The molecule has 33 heavy (non-hydrogen) atoms. The summed E-state index contributed by atoms with van der Waals surface area (Å²) in [5.41, 5.74) is 6.76. The predicted octanol–water partition coefficient (Wildman–Crippen LogP) is 2.22. The van der Waals surface area contributed by atoms with Gasteiger partial charge in [0, 0.05) is 11.4 Å². The number of hydrogen-bond donors (Lipinski definition) is 4. The molecule has 10 heteroatoms. The number of likely N-dealkylation sites (tertiary alicyclic amines) is 1. The van der Waals surface area contributed by atoms with Gasteiger partial charge in [-0.15, -0.1) is 11.3 Å². The van der Waals surface area contributed by atoms with Crippen molar-refractivity contribution in [3.8, 4) is 0 Å². The second-order valence-electron chi connectivity index (χ2n) is 9.57. The fourth-order valence-corrected chi connectivity index (χ4v) is 6.52. The highest BCUT2D eigenvalue weighted by Gasteiger charge is 2.39. The Hall–Kier alpha value is -2.20. The molecular formula is C23H35N5O4S. The van der Waals surface area contributed by atoms with Crippen LogP contribution in [-0.2, 0) is 20.8 Å². The Bertz CT molecular complexity index is 869. The van der Waals surface area contributed by atoms with E-state index in [-0.39, 0.29) is 24.4 Å². The number of aliphatic carboxylic acids is 1. The molecule has 9 nitrogen and oxygen atoms in total. The lowest BCUT2D eigenvalue weighted by atomic mass is 9.84. The van der Waals surface area contributed by atoms with Crippen molar-refractivity contribution in [1.82, 2.24) is 20.5 Å². The molecule has 1 unspecified atom stereocenters. The van der Waals surface area contributed by atoms with Crippen LogP contribution >= 0.6 is 11.3 Å². The number of carbonyl (C=O) groups is 3. The van der Waals surface area contributed by atoms with E-state index in [1.807, 2.05) is 0 Å². The van der Waals surface area contributed by atoms with Gasteiger partial charge >= 0.3 is 5.97 Å². The number of nitrogens with zero attached hydrogens (tertiary/aromatic N) is 2. The van der Waals surface area contributed by atoms with Gasteiger partial charge in [0.2, 0.25) is 11.8 Å². The molecule has 1 saturated carbocycles. The van der Waals surface area contributed by atoms with Gasteiger partial charge in [-0.2, -0.15) is 0 Å². The maximum Gasteiger partial charge on any atom is 0.317 e. The highest BCUT2D eigenvalue weighted by molar-refractivity contribution is 7.15. The molecule has 3 aliphatic rings. The average Bonchev–Trinajstić information content (AvgIpc) is 3.43. The number of aromatic nitrogens is 1. The number of carboxylic acids is 1. The number of amides is 2. The van der Waals surface area contributed by atoms with Gasteiger partial charge in [0.25, 0.3) is 0 Å². The van der Waals surface area contributed by atoms with E-state index in [4.69, 9.17) is 10.8 Å². The highest BCUT2D eigenvalue weighted by atomic mass is 32.1. The van der Waals surface area contributed by atoms with E-state index in [0.29, 0.717) is 30.4 Å². The van der Waals surface area contributed by atoms with E-state index in [2.05, 4.69) is 15.6 Å². The molecule has 1 aromatic heterocycles. The largest absolute Gasteiger partial charge is 0.480 e. The zero-order valence-corrected chi connectivity index (χ0v) is 19.9. The third-order valence-electron chi connectivity index (χ3n) is 7.22. The van der Waals surface area contributed by atoms with Crippen molar-refractivity contribution >= 4 is 34.3 Å². The summed E-state index contributed by atoms with van der Waals surface area (Å²) in [6, 6.07) is -1.27. The van der Waals surface area contributed by atoms with E-state index < -0.39 is 18.1 Å². The molecule has 0 spiro atoms. The Labute approximate surface area is 198 Å². The molecule has 0 aromatic carbocycles. The van der Waals surface area contributed by atoms with Crippen molar-refractivity contribution in [3.05, 3.63) is 10.6 Å². The van der Waals surface area contributed by atoms with Gasteiger partial charge in [0.05, 0.1) is 24.3 Å². The van der Waals surface area contributed by atoms with Crippen LogP contribution in [0.5, 0.6) is 0 Å². The molecular weight excluding hydrogens is 442 g/mol. The summed E-state index contributed by atoms with van der Waals surface area (Å²) in [6.45, 7) is 0.260. The Morgan fingerprint density at radius 1 is 1.12 bits per heavy atom. The monoisotopic (exact) mass is 477 g/mol. The molecule has 2 heterocycles. The van der Waals surface area contributed by atoms with Gasteiger partial charge in [0.15, 0.2) is 5.13 Å². The first-order valence-electron chi connectivity index (χ1n) is 12.2. The second-order valence-corrected chi connectivity index (χ2v) is 10.7. The molecule has 0 radical (unpaired) electrons. The SMILES string of the molecule is Nc1nc2c(s1)CCCC2NC(=O)[C@@H]1CCCN1C(=O)[C@@H](CC1CCCCC1)NCC(=O)O. The average molecular weight is 478 g/mol. The number of nitrogens with one attached hydrogen (secondary N) is 2. The lowest BCUT2D eigenvalue weighted by Gasteiger charge is -2.32. The summed E-state index contributed by atoms with van der Waals surface area (Å²) in [4.78, 5) is 45.2. The molecule has 2 aliphatic carbocycles. The fourth-order valence-electron chi connectivity index (χ4n) is 5.59. The smallest absolute Gasteiger partial charge is 0.317 e. The van der Waals surface area contributed by atoms with E-state index in [0.717, 1.165) is 61.9 Å². The molecule has 2 fully saturated rings. The number of carbonyl (C=O) groups excluding carboxylic acids is 2. The summed E-state index contributed by atoms with van der Waals surface area (Å²) in [6.07, 6.45) is 10.4. The van der Waals surface area contributed by atoms with Crippen molar-refractivity contribution in [2.45, 2.75) is 88.8 Å². The van der Waals surface area contributed by atoms with E-state index in [1.54, 1.807) is 4.90 Å². The van der Waals surface area contributed by atoms with Crippen LogP contribution in [0.15, 0.2) is 0 Å². The maximum atomic E-state index is 13.5. The first kappa shape index (κ1) is 23.9. The van der Waals surface area contributed by atoms with Gasteiger partial charge in [-0.05, 0) is 44.4 Å². The molecule has 0 bridgehead atoms. The topological polar surface area (TPSA) is 138 Å². The number of nitrogen functional groups attached to an aromatic ring is 1. The van der Waals surface area contributed by atoms with Crippen LogP contribution in [0.2, 0.25) is 0 Å². The molecule has 3 atom stereocenters. The molecule has 1 aromatic rings. The van der Waals surface area contributed by atoms with Crippen LogP contribution in [0, 0.1) is 5.92 Å². The van der Waals surface area contributed by atoms with Gasteiger partial charge in [0.1, 0.15) is 6.04 Å². The van der Waals surface area contributed by atoms with Crippen molar-refractivity contribution in [2.75, 3.05) is 18.8 Å². The number of nitrogens with two attached hydrogens (primary N) is 1. The summed E-state index contributed by atoms with van der Waals surface area (Å²) in [5.74, 6) is -0.871. The first-order valence-corrected chi connectivity index (χ1v) is 13.0. The van der Waals surface area contributed by atoms with Crippen LogP contribution in [-0.4, -0.2) is 57.9 Å². The molecule has 2 amide bonds. The zero-order chi connectivity index (χ0) is 23.4. The van der Waals surface area contributed by atoms with Crippen molar-refractivity contribution in [3.63, 3.8) is 0 Å². The van der Waals surface area contributed by atoms with E-state index in [1.165, 1.54) is 17.8 Å². The van der Waals surface area contributed by atoms with Gasteiger partial charge in [-0.3, -0.25) is 19.7 Å². The van der Waals surface area contributed by atoms with Crippen LogP contribution in [0.1, 0.15) is 80.8 Å². The zero-order valence-electron chi connectivity index (χ0n) is 19.1.